The quantitative estimate of drug-likeness (QED) is 0.369. The standard InChI is InChI=1S/C24H22N4/c25-28-24-21-15-20(18-5-2-1-3-6-18)23(27-22(21)13-14-26-24)19-11-9-17(10-12-19)16-7-4-8-16/h1-3,5-6,9-16H,4,7-8,25H2,(H,26,28). The summed E-state index contributed by atoms with van der Waals surface area (Å²) in [5.74, 6) is 7.04. The SMILES string of the molecule is NNc1nccc2nc(-c3ccc(C4CCC4)cc3)c(-c3ccccc3)cc12. The van der Waals surface area contributed by atoms with Crippen LogP contribution in [-0.4, -0.2) is 9.97 Å². The maximum atomic E-state index is 5.68. The van der Waals surface area contributed by atoms with Gasteiger partial charge in [0.2, 0.25) is 0 Å². The zero-order valence-electron chi connectivity index (χ0n) is 15.6. The zero-order chi connectivity index (χ0) is 18.9. The van der Waals surface area contributed by atoms with Gasteiger partial charge in [0, 0.05) is 22.7 Å². The number of nitrogens with one attached hydrogen (secondary N) is 1. The van der Waals surface area contributed by atoms with Crippen molar-refractivity contribution in [3.05, 3.63) is 78.5 Å². The molecule has 4 nitrogen and oxygen atoms in total. The fourth-order valence-corrected chi connectivity index (χ4v) is 3.92. The number of hydrogen-bond acceptors (Lipinski definition) is 4. The summed E-state index contributed by atoms with van der Waals surface area (Å²) in [5.41, 5.74) is 9.32. The van der Waals surface area contributed by atoms with Gasteiger partial charge in [0.15, 0.2) is 0 Å². The van der Waals surface area contributed by atoms with Gasteiger partial charge in [0.1, 0.15) is 5.82 Å². The van der Waals surface area contributed by atoms with Gasteiger partial charge < -0.3 is 5.43 Å². The molecule has 0 spiro atoms. The fraction of sp³-hybridized carbons (Fsp3) is 0.167. The maximum absolute atomic E-state index is 5.68. The first kappa shape index (κ1) is 16.9. The van der Waals surface area contributed by atoms with E-state index in [0.717, 1.165) is 39.2 Å². The molecular weight excluding hydrogens is 344 g/mol. The van der Waals surface area contributed by atoms with Gasteiger partial charge in [-0.2, -0.15) is 0 Å². The first-order valence-electron chi connectivity index (χ1n) is 9.75. The van der Waals surface area contributed by atoms with Crippen LogP contribution in [0.3, 0.4) is 0 Å². The molecule has 1 aliphatic rings. The second-order valence-corrected chi connectivity index (χ2v) is 7.37. The van der Waals surface area contributed by atoms with Gasteiger partial charge in [-0.3, -0.25) is 0 Å². The lowest BCUT2D eigenvalue weighted by molar-refractivity contribution is 0.420. The molecule has 4 heteroatoms. The Kier molecular flexibility index (Phi) is 4.26. The molecule has 4 aromatic rings. The number of anilines is 1. The highest BCUT2D eigenvalue weighted by molar-refractivity contribution is 5.96. The third kappa shape index (κ3) is 2.92. The Morgan fingerprint density at radius 1 is 0.893 bits per heavy atom. The summed E-state index contributed by atoms with van der Waals surface area (Å²) in [6, 6.07) is 23.4. The number of nitrogens with two attached hydrogens (primary N) is 1. The predicted molar refractivity (Wildman–Crippen MR) is 115 cm³/mol. The molecule has 2 heterocycles. The molecule has 1 saturated carbocycles. The Bertz CT molecular complexity index is 1120. The third-order valence-corrected chi connectivity index (χ3v) is 5.73. The van der Waals surface area contributed by atoms with Crippen LogP contribution in [0, 0.1) is 0 Å². The second kappa shape index (κ2) is 7.06. The number of hydrazine groups is 1. The van der Waals surface area contributed by atoms with E-state index < -0.39 is 0 Å². The average molecular weight is 366 g/mol. The highest BCUT2D eigenvalue weighted by Gasteiger charge is 2.20. The number of nitrogen functional groups attached to an aromatic ring is 1. The van der Waals surface area contributed by atoms with Gasteiger partial charge in [0.05, 0.1) is 11.2 Å². The number of rotatable bonds is 4. The molecule has 0 saturated heterocycles. The lowest BCUT2D eigenvalue weighted by atomic mass is 9.80. The minimum absolute atomic E-state index is 0.633. The van der Waals surface area contributed by atoms with Crippen molar-refractivity contribution in [2.75, 3.05) is 5.43 Å². The highest BCUT2D eigenvalue weighted by Crippen LogP contribution is 2.38. The smallest absolute Gasteiger partial charge is 0.149 e. The van der Waals surface area contributed by atoms with E-state index in [0.29, 0.717) is 5.82 Å². The van der Waals surface area contributed by atoms with Gasteiger partial charge in [-0.1, -0.05) is 61.0 Å². The number of fused-ring (bicyclic) bond motifs is 1. The van der Waals surface area contributed by atoms with Crippen LogP contribution in [-0.2, 0) is 0 Å². The largest absolute Gasteiger partial charge is 0.308 e. The fourth-order valence-electron chi connectivity index (χ4n) is 3.92. The molecule has 0 unspecified atom stereocenters. The summed E-state index contributed by atoms with van der Waals surface area (Å²) >= 11 is 0. The van der Waals surface area contributed by atoms with Gasteiger partial charge in [0.25, 0.3) is 0 Å². The molecule has 138 valence electrons. The topological polar surface area (TPSA) is 63.8 Å². The molecule has 3 N–H and O–H groups in total. The molecule has 2 aromatic heterocycles. The Labute approximate surface area is 164 Å². The summed E-state index contributed by atoms with van der Waals surface area (Å²) in [4.78, 5) is 9.34. The number of pyridine rings is 2. The van der Waals surface area contributed by atoms with Crippen molar-refractivity contribution in [3.63, 3.8) is 0 Å². The van der Waals surface area contributed by atoms with Crippen molar-refractivity contribution in [1.82, 2.24) is 9.97 Å². The Morgan fingerprint density at radius 2 is 1.68 bits per heavy atom. The summed E-state index contributed by atoms with van der Waals surface area (Å²) in [5, 5.41) is 0.915. The highest BCUT2D eigenvalue weighted by atomic mass is 15.2. The van der Waals surface area contributed by atoms with Crippen LogP contribution >= 0.6 is 0 Å². The van der Waals surface area contributed by atoms with Crippen LogP contribution in [0.4, 0.5) is 5.82 Å². The molecule has 0 aliphatic heterocycles. The summed E-state index contributed by atoms with van der Waals surface area (Å²) in [6.45, 7) is 0. The van der Waals surface area contributed by atoms with Crippen molar-refractivity contribution >= 4 is 16.7 Å². The van der Waals surface area contributed by atoms with E-state index in [1.807, 2.05) is 24.3 Å². The lowest BCUT2D eigenvalue weighted by Crippen LogP contribution is -2.09. The molecule has 0 radical (unpaired) electrons. The summed E-state index contributed by atoms with van der Waals surface area (Å²) in [7, 11) is 0. The molecule has 28 heavy (non-hydrogen) atoms. The van der Waals surface area contributed by atoms with E-state index in [1.54, 1.807) is 6.20 Å². The minimum atomic E-state index is 0.633. The van der Waals surface area contributed by atoms with E-state index in [4.69, 9.17) is 10.8 Å². The summed E-state index contributed by atoms with van der Waals surface area (Å²) < 4.78 is 0. The van der Waals surface area contributed by atoms with Crippen molar-refractivity contribution in [2.45, 2.75) is 25.2 Å². The van der Waals surface area contributed by atoms with Crippen molar-refractivity contribution < 1.29 is 0 Å². The van der Waals surface area contributed by atoms with Crippen molar-refractivity contribution in [2.24, 2.45) is 5.84 Å². The van der Waals surface area contributed by atoms with Gasteiger partial charge in [-0.05, 0) is 42.0 Å². The Morgan fingerprint density at radius 3 is 2.36 bits per heavy atom. The molecule has 0 amide bonds. The van der Waals surface area contributed by atoms with E-state index in [9.17, 15) is 0 Å². The van der Waals surface area contributed by atoms with Crippen molar-refractivity contribution in [3.8, 4) is 22.4 Å². The van der Waals surface area contributed by atoms with E-state index >= 15 is 0 Å². The molecule has 2 aromatic carbocycles. The van der Waals surface area contributed by atoms with Crippen LogP contribution in [0.15, 0.2) is 72.9 Å². The van der Waals surface area contributed by atoms with Gasteiger partial charge in [-0.15, -0.1) is 0 Å². The average Bonchev–Trinajstić information content (AvgIpc) is 2.72. The van der Waals surface area contributed by atoms with Gasteiger partial charge >= 0.3 is 0 Å². The predicted octanol–water partition coefficient (Wildman–Crippen LogP) is 5.52. The van der Waals surface area contributed by atoms with Crippen LogP contribution in [0.2, 0.25) is 0 Å². The van der Waals surface area contributed by atoms with Crippen LogP contribution < -0.4 is 11.3 Å². The van der Waals surface area contributed by atoms with E-state index in [2.05, 4.69) is 52.9 Å². The molecule has 5 rings (SSSR count). The van der Waals surface area contributed by atoms with E-state index in [-0.39, 0.29) is 0 Å². The van der Waals surface area contributed by atoms with Crippen LogP contribution in [0.25, 0.3) is 33.3 Å². The number of hydrogen-bond donors (Lipinski definition) is 2. The molecule has 0 atom stereocenters. The molecule has 1 aliphatic carbocycles. The normalized spacial score (nSPS) is 14.0. The van der Waals surface area contributed by atoms with Crippen molar-refractivity contribution in [1.29, 1.82) is 0 Å². The van der Waals surface area contributed by atoms with Crippen LogP contribution in [0.5, 0.6) is 0 Å². The first-order chi connectivity index (χ1) is 13.8. The number of aromatic nitrogens is 2. The minimum Gasteiger partial charge on any atom is -0.308 e. The second-order valence-electron chi connectivity index (χ2n) is 7.37. The number of benzene rings is 2. The van der Waals surface area contributed by atoms with Gasteiger partial charge in [-0.25, -0.2) is 15.8 Å². The Hall–Kier alpha value is -3.24. The Balaban J connectivity index is 1.70. The monoisotopic (exact) mass is 366 g/mol. The van der Waals surface area contributed by atoms with Crippen LogP contribution in [0.1, 0.15) is 30.7 Å². The molecular formula is C24H22N4. The number of nitrogens with zero attached hydrogens (tertiary/aromatic N) is 2. The third-order valence-electron chi connectivity index (χ3n) is 5.73. The lowest BCUT2D eigenvalue weighted by Gasteiger charge is -2.25. The summed E-state index contributed by atoms with van der Waals surface area (Å²) in [6.07, 6.45) is 5.70. The maximum Gasteiger partial charge on any atom is 0.149 e. The molecule has 1 fully saturated rings. The first-order valence-corrected chi connectivity index (χ1v) is 9.75. The zero-order valence-corrected chi connectivity index (χ0v) is 15.6. The molecule has 0 bridgehead atoms. The van der Waals surface area contributed by atoms with E-state index in [1.165, 1.54) is 24.8 Å².